The van der Waals surface area contributed by atoms with Gasteiger partial charge in [0.15, 0.2) is 0 Å². The lowest BCUT2D eigenvalue weighted by atomic mass is 9.84. The second-order valence-corrected chi connectivity index (χ2v) is 6.06. The van der Waals surface area contributed by atoms with E-state index in [0.29, 0.717) is 12.5 Å². The standard InChI is InChI=1S/C15H29NO3/c1-11(2)16-15(14(17)18-5)9-6-7-13(15)8-10-19-12(3)4/h11-13,16H,6-10H2,1-5H3. The van der Waals surface area contributed by atoms with E-state index in [4.69, 9.17) is 9.47 Å². The molecule has 0 aromatic rings. The molecule has 1 aliphatic carbocycles. The molecule has 4 nitrogen and oxygen atoms in total. The van der Waals surface area contributed by atoms with Gasteiger partial charge < -0.3 is 9.47 Å². The van der Waals surface area contributed by atoms with Crippen molar-refractivity contribution in [2.45, 2.75) is 71.1 Å². The minimum absolute atomic E-state index is 0.117. The Morgan fingerprint density at radius 1 is 1.37 bits per heavy atom. The fraction of sp³-hybridized carbons (Fsp3) is 0.933. The molecular weight excluding hydrogens is 242 g/mol. The van der Waals surface area contributed by atoms with Gasteiger partial charge in [-0.2, -0.15) is 0 Å². The molecule has 0 bridgehead atoms. The van der Waals surface area contributed by atoms with E-state index in [1.807, 2.05) is 13.8 Å². The smallest absolute Gasteiger partial charge is 0.326 e. The van der Waals surface area contributed by atoms with E-state index < -0.39 is 5.54 Å². The first kappa shape index (κ1) is 16.4. The lowest BCUT2D eigenvalue weighted by Crippen LogP contribution is -2.57. The summed E-state index contributed by atoms with van der Waals surface area (Å²) in [4.78, 5) is 12.3. The molecule has 0 amide bonds. The maximum absolute atomic E-state index is 12.3. The molecule has 1 aliphatic rings. The highest BCUT2D eigenvalue weighted by Crippen LogP contribution is 2.39. The van der Waals surface area contributed by atoms with E-state index in [9.17, 15) is 4.79 Å². The Morgan fingerprint density at radius 2 is 2.05 bits per heavy atom. The molecule has 0 aliphatic heterocycles. The molecule has 0 heterocycles. The van der Waals surface area contributed by atoms with Gasteiger partial charge in [-0.3, -0.25) is 10.1 Å². The summed E-state index contributed by atoms with van der Waals surface area (Å²) in [7, 11) is 1.48. The van der Waals surface area contributed by atoms with Gasteiger partial charge in [0.25, 0.3) is 0 Å². The van der Waals surface area contributed by atoms with Gasteiger partial charge in [-0.25, -0.2) is 0 Å². The van der Waals surface area contributed by atoms with Crippen molar-refractivity contribution in [2.24, 2.45) is 5.92 Å². The largest absolute Gasteiger partial charge is 0.468 e. The number of carbonyl (C=O) groups excluding carboxylic acids is 1. The molecule has 0 saturated heterocycles. The van der Waals surface area contributed by atoms with Crippen molar-refractivity contribution in [3.8, 4) is 0 Å². The molecule has 1 N–H and O–H groups in total. The lowest BCUT2D eigenvalue weighted by molar-refractivity contribution is -0.151. The first-order valence-electron chi connectivity index (χ1n) is 7.40. The van der Waals surface area contributed by atoms with Gasteiger partial charge in [-0.1, -0.05) is 6.42 Å². The van der Waals surface area contributed by atoms with Crippen LogP contribution < -0.4 is 5.32 Å². The molecule has 4 heteroatoms. The van der Waals surface area contributed by atoms with Crippen LogP contribution in [-0.2, 0) is 14.3 Å². The molecule has 19 heavy (non-hydrogen) atoms. The zero-order chi connectivity index (χ0) is 14.5. The van der Waals surface area contributed by atoms with Crippen LogP contribution in [0.3, 0.4) is 0 Å². The minimum atomic E-state index is -0.511. The van der Waals surface area contributed by atoms with Gasteiger partial charge in [0, 0.05) is 12.6 Å². The van der Waals surface area contributed by atoms with Gasteiger partial charge in [-0.15, -0.1) is 0 Å². The Kier molecular flexibility index (Phi) is 6.27. The van der Waals surface area contributed by atoms with Crippen LogP contribution in [0.1, 0.15) is 53.4 Å². The van der Waals surface area contributed by atoms with Crippen LogP contribution in [0.4, 0.5) is 0 Å². The predicted molar refractivity (Wildman–Crippen MR) is 76.1 cm³/mol. The number of nitrogens with one attached hydrogen (secondary N) is 1. The predicted octanol–water partition coefficient (Wildman–Crippen LogP) is 2.51. The monoisotopic (exact) mass is 271 g/mol. The zero-order valence-electron chi connectivity index (χ0n) is 13.0. The number of hydrogen-bond donors (Lipinski definition) is 1. The minimum Gasteiger partial charge on any atom is -0.468 e. The molecule has 0 radical (unpaired) electrons. The number of ether oxygens (including phenoxy) is 2. The fourth-order valence-corrected chi connectivity index (χ4v) is 3.13. The summed E-state index contributed by atoms with van der Waals surface area (Å²) in [5.41, 5.74) is -0.511. The number of rotatable bonds is 7. The SMILES string of the molecule is COC(=O)C1(NC(C)C)CCCC1CCOC(C)C. The molecule has 2 unspecified atom stereocenters. The lowest BCUT2D eigenvalue weighted by Gasteiger charge is -2.35. The van der Waals surface area contributed by atoms with Crippen LogP contribution in [0, 0.1) is 5.92 Å². The maximum atomic E-state index is 12.3. The maximum Gasteiger partial charge on any atom is 0.326 e. The average molecular weight is 271 g/mol. The molecule has 1 saturated carbocycles. The van der Waals surface area contributed by atoms with E-state index in [1.165, 1.54) is 7.11 Å². The molecule has 2 atom stereocenters. The third-order valence-electron chi connectivity index (χ3n) is 3.83. The summed E-state index contributed by atoms with van der Waals surface area (Å²) in [6.45, 7) is 8.93. The number of methoxy groups -OCH3 is 1. The Hall–Kier alpha value is -0.610. The first-order chi connectivity index (χ1) is 8.92. The molecular formula is C15H29NO3. The van der Waals surface area contributed by atoms with Crippen molar-refractivity contribution in [3.05, 3.63) is 0 Å². The van der Waals surface area contributed by atoms with Crippen LogP contribution >= 0.6 is 0 Å². The quantitative estimate of drug-likeness (QED) is 0.723. The summed E-state index contributed by atoms with van der Waals surface area (Å²) in [5.74, 6) is 0.189. The fourth-order valence-electron chi connectivity index (χ4n) is 3.13. The van der Waals surface area contributed by atoms with Crippen molar-refractivity contribution >= 4 is 5.97 Å². The van der Waals surface area contributed by atoms with Gasteiger partial charge >= 0.3 is 5.97 Å². The number of esters is 1. The number of carbonyl (C=O) groups is 1. The second-order valence-electron chi connectivity index (χ2n) is 6.06. The molecule has 1 fully saturated rings. The van der Waals surface area contributed by atoms with Crippen molar-refractivity contribution in [2.75, 3.05) is 13.7 Å². The topological polar surface area (TPSA) is 47.6 Å². The van der Waals surface area contributed by atoms with Crippen molar-refractivity contribution in [3.63, 3.8) is 0 Å². The Bertz CT molecular complexity index is 291. The van der Waals surface area contributed by atoms with Crippen LogP contribution in [0.15, 0.2) is 0 Å². The van der Waals surface area contributed by atoms with E-state index in [1.54, 1.807) is 0 Å². The van der Waals surface area contributed by atoms with E-state index >= 15 is 0 Å². The zero-order valence-corrected chi connectivity index (χ0v) is 13.0. The summed E-state index contributed by atoms with van der Waals surface area (Å²) in [6.07, 6.45) is 4.15. The first-order valence-corrected chi connectivity index (χ1v) is 7.40. The van der Waals surface area contributed by atoms with E-state index in [0.717, 1.165) is 25.7 Å². The third-order valence-corrected chi connectivity index (χ3v) is 3.83. The normalized spacial score (nSPS) is 27.2. The van der Waals surface area contributed by atoms with E-state index in [-0.39, 0.29) is 18.1 Å². The Balaban J connectivity index is 2.72. The Morgan fingerprint density at radius 3 is 2.58 bits per heavy atom. The highest BCUT2D eigenvalue weighted by Gasteiger charge is 2.49. The second kappa shape index (κ2) is 7.25. The molecule has 0 aromatic carbocycles. The van der Waals surface area contributed by atoms with Crippen molar-refractivity contribution in [1.29, 1.82) is 0 Å². The number of hydrogen-bond acceptors (Lipinski definition) is 4. The van der Waals surface area contributed by atoms with Crippen LogP contribution in [-0.4, -0.2) is 37.4 Å². The summed E-state index contributed by atoms with van der Waals surface area (Å²) in [6, 6.07) is 0.269. The highest BCUT2D eigenvalue weighted by atomic mass is 16.5. The molecule has 0 spiro atoms. The molecule has 0 aromatic heterocycles. The molecule has 1 rings (SSSR count). The van der Waals surface area contributed by atoms with Crippen LogP contribution in [0.2, 0.25) is 0 Å². The Labute approximate surface area is 117 Å². The summed E-state index contributed by atoms with van der Waals surface area (Å²) < 4.78 is 10.7. The van der Waals surface area contributed by atoms with Crippen molar-refractivity contribution in [1.82, 2.24) is 5.32 Å². The molecule has 112 valence electrons. The summed E-state index contributed by atoms with van der Waals surface area (Å²) >= 11 is 0. The van der Waals surface area contributed by atoms with E-state index in [2.05, 4.69) is 19.2 Å². The van der Waals surface area contributed by atoms with Gasteiger partial charge in [0.05, 0.1) is 13.2 Å². The van der Waals surface area contributed by atoms with Crippen LogP contribution in [0.25, 0.3) is 0 Å². The highest BCUT2D eigenvalue weighted by molar-refractivity contribution is 5.81. The third kappa shape index (κ3) is 4.18. The van der Waals surface area contributed by atoms with Gasteiger partial charge in [0.2, 0.25) is 0 Å². The average Bonchev–Trinajstić information content (AvgIpc) is 2.71. The van der Waals surface area contributed by atoms with Crippen molar-refractivity contribution < 1.29 is 14.3 Å². The van der Waals surface area contributed by atoms with Gasteiger partial charge in [-0.05, 0) is 52.9 Å². The van der Waals surface area contributed by atoms with Gasteiger partial charge in [0.1, 0.15) is 5.54 Å². The summed E-state index contributed by atoms with van der Waals surface area (Å²) in [5, 5.41) is 3.46. The van der Waals surface area contributed by atoms with Crippen LogP contribution in [0.5, 0.6) is 0 Å².